The Labute approximate surface area is 132 Å². The lowest BCUT2D eigenvalue weighted by Crippen LogP contribution is -2.11. The van der Waals surface area contributed by atoms with Gasteiger partial charge in [0.2, 0.25) is 0 Å². The van der Waals surface area contributed by atoms with Gasteiger partial charge in [0, 0.05) is 6.20 Å². The second-order valence-electron chi connectivity index (χ2n) is 4.72. The fraction of sp³-hybridized carbons (Fsp3) is 0.125. The van der Waals surface area contributed by atoms with Gasteiger partial charge in [-0.2, -0.15) is 31.6 Å². The van der Waals surface area contributed by atoms with Gasteiger partial charge in [0.1, 0.15) is 6.07 Å². The van der Waals surface area contributed by atoms with E-state index >= 15 is 0 Å². The molecule has 0 fully saturated rings. The second-order valence-corrected chi connectivity index (χ2v) is 4.72. The van der Waals surface area contributed by atoms with E-state index in [0.29, 0.717) is 12.1 Å². The van der Waals surface area contributed by atoms with Gasteiger partial charge in [-0.05, 0) is 42.0 Å². The standard InChI is InChI=1S/C16H8F6N2/c17-15(18,19)12-6-10(7-13(8-12)16(20,21)22)5-11(9-23)14-3-1-2-4-24-14/h1-8H/b11-5+. The molecule has 0 unspecified atom stereocenters. The molecule has 2 nitrogen and oxygen atoms in total. The summed E-state index contributed by atoms with van der Waals surface area (Å²) in [5.41, 5.74) is -3.28. The molecule has 1 heterocycles. The molecule has 0 aliphatic rings. The molecule has 0 aliphatic carbocycles. The number of hydrogen-bond donors (Lipinski definition) is 0. The maximum atomic E-state index is 12.8. The van der Waals surface area contributed by atoms with Crippen LogP contribution in [-0.4, -0.2) is 4.98 Å². The minimum absolute atomic E-state index is 0.0319. The van der Waals surface area contributed by atoms with Crippen LogP contribution in [0.1, 0.15) is 22.4 Å². The number of nitriles is 1. The van der Waals surface area contributed by atoms with Crippen LogP contribution in [0.2, 0.25) is 0 Å². The zero-order valence-electron chi connectivity index (χ0n) is 11.8. The van der Waals surface area contributed by atoms with Gasteiger partial charge in [0.05, 0.1) is 22.4 Å². The first-order chi connectivity index (χ1) is 11.1. The number of hydrogen-bond acceptors (Lipinski definition) is 2. The Bertz CT molecular complexity index is 766. The van der Waals surface area contributed by atoms with Gasteiger partial charge in [0.15, 0.2) is 0 Å². The first kappa shape index (κ1) is 17.5. The van der Waals surface area contributed by atoms with E-state index in [9.17, 15) is 26.3 Å². The van der Waals surface area contributed by atoms with Crippen LogP contribution >= 0.6 is 0 Å². The van der Waals surface area contributed by atoms with E-state index in [1.165, 1.54) is 12.3 Å². The van der Waals surface area contributed by atoms with Crippen molar-refractivity contribution in [2.45, 2.75) is 12.4 Å². The predicted octanol–water partition coefficient (Wildman–Crippen LogP) is 5.18. The van der Waals surface area contributed by atoms with Crippen molar-refractivity contribution in [3.05, 3.63) is 65.0 Å². The first-order valence-electron chi connectivity index (χ1n) is 6.44. The number of rotatable bonds is 2. The monoisotopic (exact) mass is 342 g/mol. The summed E-state index contributed by atoms with van der Waals surface area (Å²) in [5, 5.41) is 9.10. The minimum Gasteiger partial charge on any atom is -0.256 e. The van der Waals surface area contributed by atoms with Gasteiger partial charge in [-0.25, -0.2) is 0 Å². The fourth-order valence-electron chi connectivity index (χ4n) is 1.91. The highest BCUT2D eigenvalue weighted by Gasteiger charge is 2.36. The highest BCUT2D eigenvalue weighted by molar-refractivity contribution is 5.88. The van der Waals surface area contributed by atoms with Crippen LogP contribution in [0.25, 0.3) is 11.6 Å². The summed E-state index contributed by atoms with van der Waals surface area (Å²) in [4.78, 5) is 3.85. The Morgan fingerprint density at radius 1 is 0.958 bits per heavy atom. The van der Waals surface area contributed by atoms with Crippen LogP contribution in [0.5, 0.6) is 0 Å². The van der Waals surface area contributed by atoms with Crippen LogP contribution in [0.15, 0.2) is 42.6 Å². The lowest BCUT2D eigenvalue weighted by Gasteiger charge is -2.13. The van der Waals surface area contributed by atoms with Crippen molar-refractivity contribution in [2.24, 2.45) is 0 Å². The van der Waals surface area contributed by atoms with Gasteiger partial charge in [-0.3, -0.25) is 4.98 Å². The molecule has 1 aromatic carbocycles. The normalized spacial score (nSPS) is 12.8. The lowest BCUT2D eigenvalue weighted by atomic mass is 10.0. The summed E-state index contributed by atoms with van der Waals surface area (Å²) in [6, 6.07) is 7.38. The molecule has 0 spiro atoms. The lowest BCUT2D eigenvalue weighted by molar-refractivity contribution is -0.143. The van der Waals surface area contributed by atoms with Crippen LogP contribution in [0.4, 0.5) is 26.3 Å². The summed E-state index contributed by atoms with van der Waals surface area (Å²) < 4.78 is 76.9. The van der Waals surface area contributed by atoms with E-state index in [4.69, 9.17) is 5.26 Å². The van der Waals surface area contributed by atoms with Crippen molar-refractivity contribution in [3.8, 4) is 6.07 Å². The molecule has 0 atom stereocenters. The summed E-state index contributed by atoms with van der Waals surface area (Å²) >= 11 is 0. The molecule has 0 saturated carbocycles. The Morgan fingerprint density at radius 3 is 1.96 bits per heavy atom. The summed E-state index contributed by atoms with van der Waals surface area (Å²) in [5.74, 6) is 0. The molecule has 0 radical (unpaired) electrons. The molecular weight excluding hydrogens is 334 g/mol. The fourth-order valence-corrected chi connectivity index (χ4v) is 1.91. The zero-order chi connectivity index (χ0) is 18.0. The van der Waals surface area contributed by atoms with Gasteiger partial charge in [0.25, 0.3) is 0 Å². The third-order valence-electron chi connectivity index (χ3n) is 2.98. The maximum Gasteiger partial charge on any atom is 0.416 e. The number of pyridine rings is 1. The molecule has 0 aliphatic heterocycles. The first-order valence-corrected chi connectivity index (χ1v) is 6.44. The van der Waals surface area contributed by atoms with Crippen molar-refractivity contribution in [3.63, 3.8) is 0 Å². The van der Waals surface area contributed by atoms with E-state index in [2.05, 4.69) is 4.98 Å². The van der Waals surface area contributed by atoms with Crippen LogP contribution in [-0.2, 0) is 12.4 Å². The van der Waals surface area contributed by atoms with Gasteiger partial charge in [-0.1, -0.05) is 6.07 Å². The van der Waals surface area contributed by atoms with E-state index < -0.39 is 23.5 Å². The molecule has 0 saturated heterocycles. The Balaban J connectivity index is 2.61. The SMILES string of the molecule is N#C/C(=C\c1cc(C(F)(F)F)cc(C(F)(F)F)c1)c1ccccn1. The quantitative estimate of drug-likeness (QED) is 0.557. The Hall–Kier alpha value is -2.82. The van der Waals surface area contributed by atoms with E-state index in [0.717, 1.165) is 6.08 Å². The largest absolute Gasteiger partial charge is 0.416 e. The third kappa shape index (κ3) is 4.13. The minimum atomic E-state index is -4.94. The van der Waals surface area contributed by atoms with E-state index in [-0.39, 0.29) is 22.9 Å². The maximum absolute atomic E-state index is 12.8. The summed E-state index contributed by atoms with van der Waals surface area (Å²) in [6.07, 6.45) is -7.59. The zero-order valence-corrected chi connectivity index (χ0v) is 11.8. The topological polar surface area (TPSA) is 36.7 Å². The molecule has 0 N–H and O–H groups in total. The predicted molar refractivity (Wildman–Crippen MR) is 74.2 cm³/mol. The van der Waals surface area contributed by atoms with Crippen molar-refractivity contribution in [1.82, 2.24) is 4.98 Å². The second kappa shape index (κ2) is 6.35. The van der Waals surface area contributed by atoms with Gasteiger partial charge >= 0.3 is 12.4 Å². The average molecular weight is 342 g/mol. The molecule has 0 bridgehead atoms. The number of halogens is 6. The molecule has 24 heavy (non-hydrogen) atoms. The number of allylic oxidation sites excluding steroid dienone is 1. The van der Waals surface area contributed by atoms with Crippen LogP contribution < -0.4 is 0 Å². The average Bonchev–Trinajstić information content (AvgIpc) is 2.51. The summed E-state index contributed by atoms with van der Waals surface area (Å²) in [6.45, 7) is 0. The van der Waals surface area contributed by atoms with Crippen molar-refractivity contribution < 1.29 is 26.3 Å². The van der Waals surface area contributed by atoms with E-state index in [1.807, 2.05) is 0 Å². The van der Waals surface area contributed by atoms with Gasteiger partial charge < -0.3 is 0 Å². The van der Waals surface area contributed by atoms with Crippen molar-refractivity contribution >= 4 is 11.6 Å². The molecule has 0 amide bonds. The molecule has 124 valence electrons. The molecule has 8 heteroatoms. The Kier molecular flexibility index (Phi) is 4.64. The molecular formula is C16H8F6N2. The van der Waals surface area contributed by atoms with E-state index in [1.54, 1.807) is 18.2 Å². The summed E-state index contributed by atoms with van der Waals surface area (Å²) in [7, 11) is 0. The van der Waals surface area contributed by atoms with Crippen LogP contribution in [0, 0.1) is 11.3 Å². The molecule has 2 aromatic rings. The van der Waals surface area contributed by atoms with Crippen molar-refractivity contribution in [1.29, 1.82) is 5.26 Å². The number of nitrogens with zero attached hydrogens (tertiary/aromatic N) is 2. The van der Waals surface area contributed by atoms with Crippen LogP contribution in [0.3, 0.4) is 0 Å². The molecule has 1 aromatic heterocycles. The smallest absolute Gasteiger partial charge is 0.256 e. The number of aromatic nitrogens is 1. The van der Waals surface area contributed by atoms with Gasteiger partial charge in [-0.15, -0.1) is 0 Å². The van der Waals surface area contributed by atoms with Crippen molar-refractivity contribution in [2.75, 3.05) is 0 Å². The number of benzene rings is 1. The third-order valence-corrected chi connectivity index (χ3v) is 2.98. The highest BCUT2D eigenvalue weighted by Crippen LogP contribution is 2.36. The highest BCUT2D eigenvalue weighted by atomic mass is 19.4. The Morgan fingerprint density at radius 2 is 1.54 bits per heavy atom. The molecule has 2 rings (SSSR count). The number of alkyl halides is 6.